The lowest BCUT2D eigenvalue weighted by Crippen LogP contribution is -2.17. The van der Waals surface area contributed by atoms with E-state index < -0.39 is 0 Å². The van der Waals surface area contributed by atoms with Crippen molar-refractivity contribution in [3.8, 4) is 17.2 Å². The fourth-order valence-corrected chi connectivity index (χ4v) is 3.84. The molecule has 8 nitrogen and oxygen atoms in total. The summed E-state index contributed by atoms with van der Waals surface area (Å²) in [6.45, 7) is 7.64. The van der Waals surface area contributed by atoms with Crippen LogP contribution in [0.5, 0.6) is 17.2 Å². The van der Waals surface area contributed by atoms with Crippen LogP contribution in [-0.4, -0.2) is 39.6 Å². The van der Waals surface area contributed by atoms with Gasteiger partial charge in [0.25, 0.3) is 0 Å². The Balaban J connectivity index is 1.35. The highest BCUT2D eigenvalue weighted by atomic mass is 32.2. The molecular formula is C23H24N4O4S. The molecule has 9 heteroatoms. The number of benzene rings is 2. The molecule has 1 aliphatic rings. The van der Waals surface area contributed by atoms with E-state index in [9.17, 15) is 4.79 Å². The summed E-state index contributed by atoms with van der Waals surface area (Å²) in [5.41, 5.74) is 1.82. The zero-order valence-corrected chi connectivity index (χ0v) is 18.6. The molecular weight excluding hydrogens is 428 g/mol. The van der Waals surface area contributed by atoms with E-state index in [-0.39, 0.29) is 18.3 Å². The Morgan fingerprint density at radius 2 is 1.97 bits per heavy atom. The lowest BCUT2D eigenvalue weighted by Gasteiger charge is -2.19. The summed E-state index contributed by atoms with van der Waals surface area (Å²) in [7, 11) is 0. The van der Waals surface area contributed by atoms with Crippen molar-refractivity contribution in [1.29, 1.82) is 0 Å². The maximum absolute atomic E-state index is 12.5. The van der Waals surface area contributed by atoms with Gasteiger partial charge in [0, 0.05) is 18.3 Å². The molecule has 1 aliphatic heterocycles. The molecule has 32 heavy (non-hydrogen) atoms. The number of amides is 1. The van der Waals surface area contributed by atoms with Crippen molar-refractivity contribution in [2.75, 3.05) is 24.3 Å². The molecule has 1 N–H and O–H groups in total. The van der Waals surface area contributed by atoms with Gasteiger partial charge in [-0.3, -0.25) is 9.36 Å². The molecule has 0 aliphatic carbocycles. The summed E-state index contributed by atoms with van der Waals surface area (Å²) in [6, 6.07) is 13.2. The van der Waals surface area contributed by atoms with Crippen LogP contribution < -0.4 is 19.5 Å². The van der Waals surface area contributed by atoms with Gasteiger partial charge in [-0.05, 0) is 31.2 Å². The summed E-state index contributed by atoms with van der Waals surface area (Å²) < 4.78 is 18.8. The van der Waals surface area contributed by atoms with E-state index in [1.165, 1.54) is 17.3 Å². The Kier molecular flexibility index (Phi) is 6.96. The number of anilines is 1. The van der Waals surface area contributed by atoms with Gasteiger partial charge in [0.05, 0.1) is 5.75 Å². The molecule has 2 aromatic carbocycles. The normalized spacial score (nSPS) is 12.3. The van der Waals surface area contributed by atoms with Gasteiger partial charge in [-0.25, -0.2) is 0 Å². The van der Waals surface area contributed by atoms with E-state index in [2.05, 4.69) is 22.1 Å². The van der Waals surface area contributed by atoms with Gasteiger partial charge in [-0.15, -0.1) is 16.8 Å². The minimum Gasteiger partial charge on any atom is -0.486 e. The summed E-state index contributed by atoms with van der Waals surface area (Å²) in [5, 5.41) is 12.0. The molecule has 0 radical (unpaired) electrons. The van der Waals surface area contributed by atoms with E-state index in [0.29, 0.717) is 47.9 Å². The number of thioether (sulfide) groups is 1. The molecule has 0 saturated carbocycles. The van der Waals surface area contributed by atoms with E-state index in [4.69, 9.17) is 14.2 Å². The van der Waals surface area contributed by atoms with Crippen LogP contribution in [0.25, 0.3) is 0 Å². The van der Waals surface area contributed by atoms with Gasteiger partial charge in [-0.1, -0.05) is 35.5 Å². The Hall–Kier alpha value is -3.46. The molecule has 0 atom stereocenters. The lowest BCUT2D eigenvalue weighted by atomic mass is 10.2. The minimum atomic E-state index is -0.155. The van der Waals surface area contributed by atoms with E-state index in [1.54, 1.807) is 24.3 Å². The van der Waals surface area contributed by atoms with Crippen LogP contribution in [0.1, 0.15) is 11.4 Å². The SMILES string of the molecule is C=CCn1c(COc2ccc(C)cc2)nnc1SCC(=O)Nc1ccc2c(c1)OCCO2. The van der Waals surface area contributed by atoms with Crippen molar-refractivity contribution in [3.63, 3.8) is 0 Å². The number of aromatic nitrogens is 3. The smallest absolute Gasteiger partial charge is 0.234 e. The van der Waals surface area contributed by atoms with Crippen LogP contribution in [0.3, 0.4) is 0 Å². The van der Waals surface area contributed by atoms with Gasteiger partial charge in [0.2, 0.25) is 5.91 Å². The van der Waals surface area contributed by atoms with Gasteiger partial charge < -0.3 is 19.5 Å². The Morgan fingerprint density at radius 1 is 1.19 bits per heavy atom. The van der Waals surface area contributed by atoms with Gasteiger partial charge in [0.1, 0.15) is 25.6 Å². The maximum atomic E-state index is 12.5. The van der Waals surface area contributed by atoms with Gasteiger partial charge >= 0.3 is 0 Å². The number of allylic oxidation sites excluding steroid dienone is 1. The molecule has 1 aromatic heterocycles. The van der Waals surface area contributed by atoms with Crippen LogP contribution in [0.2, 0.25) is 0 Å². The second kappa shape index (κ2) is 10.2. The van der Waals surface area contributed by atoms with Crippen molar-refractivity contribution in [2.24, 2.45) is 0 Å². The first-order chi connectivity index (χ1) is 15.6. The number of nitrogens with one attached hydrogen (secondary N) is 1. The van der Waals surface area contributed by atoms with Crippen molar-refractivity contribution < 1.29 is 19.0 Å². The summed E-state index contributed by atoms with van der Waals surface area (Å²) in [6.07, 6.45) is 1.76. The fourth-order valence-electron chi connectivity index (χ4n) is 3.08. The molecule has 0 spiro atoms. The fraction of sp³-hybridized carbons (Fsp3) is 0.261. The number of ether oxygens (including phenoxy) is 3. The monoisotopic (exact) mass is 452 g/mol. The topological polar surface area (TPSA) is 87.5 Å². The zero-order chi connectivity index (χ0) is 22.3. The molecule has 0 fully saturated rings. The largest absolute Gasteiger partial charge is 0.486 e. The number of hydrogen-bond donors (Lipinski definition) is 1. The number of aryl methyl sites for hydroxylation is 1. The first kappa shape index (κ1) is 21.8. The third kappa shape index (κ3) is 5.42. The number of rotatable bonds is 9. The van der Waals surface area contributed by atoms with E-state index in [1.807, 2.05) is 35.8 Å². The van der Waals surface area contributed by atoms with Crippen molar-refractivity contribution >= 4 is 23.4 Å². The Labute approximate surface area is 190 Å². The number of carbonyl (C=O) groups is 1. The number of carbonyl (C=O) groups excluding carboxylic acids is 1. The molecule has 2 heterocycles. The van der Waals surface area contributed by atoms with Crippen molar-refractivity contribution in [3.05, 3.63) is 66.5 Å². The zero-order valence-electron chi connectivity index (χ0n) is 17.7. The number of fused-ring (bicyclic) bond motifs is 1. The highest BCUT2D eigenvalue weighted by molar-refractivity contribution is 7.99. The number of hydrogen-bond acceptors (Lipinski definition) is 7. The maximum Gasteiger partial charge on any atom is 0.234 e. The average molecular weight is 453 g/mol. The standard InChI is InChI=1S/C23H24N4O4S/c1-3-10-27-21(14-31-18-7-4-16(2)5-8-18)25-26-23(27)32-15-22(28)24-17-6-9-19-20(13-17)30-12-11-29-19/h3-9,13H,1,10-12,14-15H2,2H3,(H,24,28). The third-order valence-corrected chi connectivity index (χ3v) is 5.62. The van der Waals surface area contributed by atoms with Crippen molar-refractivity contribution in [2.45, 2.75) is 25.2 Å². The Morgan fingerprint density at radius 3 is 2.75 bits per heavy atom. The van der Waals surface area contributed by atoms with Crippen LogP contribution in [0, 0.1) is 6.92 Å². The number of nitrogens with zero attached hydrogens (tertiary/aromatic N) is 3. The van der Waals surface area contributed by atoms with Gasteiger partial charge in [-0.2, -0.15) is 0 Å². The highest BCUT2D eigenvalue weighted by Gasteiger charge is 2.16. The summed E-state index contributed by atoms with van der Waals surface area (Å²) in [4.78, 5) is 12.5. The van der Waals surface area contributed by atoms with Crippen LogP contribution in [-0.2, 0) is 17.9 Å². The van der Waals surface area contributed by atoms with Crippen LogP contribution in [0.15, 0.2) is 60.3 Å². The first-order valence-electron chi connectivity index (χ1n) is 10.2. The predicted molar refractivity (Wildman–Crippen MR) is 123 cm³/mol. The first-order valence-corrected chi connectivity index (χ1v) is 11.2. The van der Waals surface area contributed by atoms with Gasteiger partial charge in [0.15, 0.2) is 22.5 Å². The molecule has 0 saturated heterocycles. The molecule has 3 aromatic rings. The molecule has 1 amide bonds. The minimum absolute atomic E-state index is 0.155. The second-order valence-corrected chi connectivity index (χ2v) is 8.04. The molecule has 0 bridgehead atoms. The second-order valence-electron chi connectivity index (χ2n) is 7.10. The predicted octanol–water partition coefficient (Wildman–Crippen LogP) is 3.85. The highest BCUT2D eigenvalue weighted by Crippen LogP contribution is 2.32. The third-order valence-electron chi connectivity index (χ3n) is 4.65. The van der Waals surface area contributed by atoms with Crippen molar-refractivity contribution in [1.82, 2.24) is 14.8 Å². The quantitative estimate of drug-likeness (QED) is 0.390. The summed E-state index contributed by atoms with van der Waals surface area (Å²) >= 11 is 1.31. The van der Waals surface area contributed by atoms with E-state index >= 15 is 0 Å². The van der Waals surface area contributed by atoms with E-state index in [0.717, 1.165) is 5.75 Å². The summed E-state index contributed by atoms with van der Waals surface area (Å²) in [5.74, 6) is 2.77. The average Bonchev–Trinajstić information content (AvgIpc) is 3.19. The lowest BCUT2D eigenvalue weighted by molar-refractivity contribution is -0.113. The Bertz CT molecular complexity index is 1100. The van der Waals surface area contributed by atoms with Crippen LogP contribution in [0.4, 0.5) is 5.69 Å². The molecule has 4 rings (SSSR count). The molecule has 0 unspecified atom stereocenters. The molecule has 166 valence electrons. The van der Waals surface area contributed by atoms with Crippen LogP contribution >= 0.6 is 11.8 Å².